The van der Waals surface area contributed by atoms with Crippen LogP contribution in [0.25, 0.3) is 11.3 Å². The van der Waals surface area contributed by atoms with E-state index in [0.717, 1.165) is 0 Å². The molecule has 1 aromatic heterocycles. The maximum absolute atomic E-state index is 11.1. The highest BCUT2D eigenvalue weighted by atomic mass is 35.5. The summed E-state index contributed by atoms with van der Waals surface area (Å²) in [5.41, 5.74) is 1.00. The lowest BCUT2D eigenvalue weighted by Gasteiger charge is -2.10. The van der Waals surface area contributed by atoms with E-state index in [1.165, 1.54) is 24.3 Å². The Balaban J connectivity index is 2.65. The van der Waals surface area contributed by atoms with Gasteiger partial charge in [0, 0.05) is 24.2 Å². The molecule has 0 aliphatic heterocycles. The number of nitrogens with zero attached hydrogens (tertiary/aromatic N) is 2. The van der Waals surface area contributed by atoms with Gasteiger partial charge in [0.05, 0.1) is 15.6 Å². The summed E-state index contributed by atoms with van der Waals surface area (Å²) < 4.78 is 1.55. The number of rotatable bonds is 4. The molecule has 0 fully saturated rings. The predicted octanol–water partition coefficient (Wildman–Crippen LogP) is 3.43. The van der Waals surface area contributed by atoms with E-state index >= 15 is 0 Å². The van der Waals surface area contributed by atoms with Gasteiger partial charge in [0.15, 0.2) is 0 Å². The molecule has 0 radical (unpaired) electrons. The molecule has 0 aliphatic carbocycles. The molecule has 0 bridgehead atoms. The first kappa shape index (κ1) is 14.1. The van der Waals surface area contributed by atoms with Crippen LogP contribution in [0.3, 0.4) is 0 Å². The highest BCUT2D eigenvalue weighted by Crippen LogP contribution is 2.32. The molecule has 0 atom stereocenters. The number of halogens is 1. The summed E-state index contributed by atoms with van der Waals surface area (Å²) in [6, 6.07) is 7.13. The number of nitro benzene ring substituents is 1. The standard InChI is InChI=1S/C13H11ClN2O4/c1-2-15-11(5-6-12(15)13(17)18)9-7-8(16(19)20)3-4-10(9)14/h3-7H,2H2,1H3,(H,17,18). The second kappa shape index (κ2) is 5.34. The molecular formula is C13H11ClN2O4. The summed E-state index contributed by atoms with van der Waals surface area (Å²) in [6.45, 7) is 2.21. The van der Waals surface area contributed by atoms with Crippen LogP contribution >= 0.6 is 11.6 Å². The third-order valence-corrected chi connectivity index (χ3v) is 3.28. The van der Waals surface area contributed by atoms with Crippen LogP contribution in [-0.2, 0) is 6.54 Å². The number of nitro groups is 1. The Kier molecular flexibility index (Phi) is 3.76. The fourth-order valence-corrected chi connectivity index (χ4v) is 2.27. The molecule has 2 aromatic rings. The lowest BCUT2D eigenvalue weighted by molar-refractivity contribution is -0.384. The summed E-state index contributed by atoms with van der Waals surface area (Å²) in [4.78, 5) is 21.4. The number of hydrogen-bond donors (Lipinski definition) is 1. The molecule has 0 spiro atoms. The minimum absolute atomic E-state index is 0.0925. The SMILES string of the molecule is CCn1c(C(=O)O)ccc1-c1cc([N+](=O)[O-])ccc1Cl. The molecule has 1 heterocycles. The van der Waals surface area contributed by atoms with Crippen LogP contribution in [0.1, 0.15) is 17.4 Å². The van der Waals surface area contributed by atoms with Crippen molar-refractivity contribution in [3.05, 3.63) is 51.2 Å². The first-order chi connectivity index (χ1) is 9.45. The Labute approximate surface area is 119 Å². The minimum Gasteiger partial charge on any atom is -0.477 e. The minimum atomic E-state index is -1.06. The molecule has 0 unspecified atom stereocenters. The zero-order chi connectivity index (χ0) is 14.9. The van der Waals surface area contributed by atoms with Crippen LogP contribution < -0.4 is 0 Å². The van der Waals surface area contributed by atoms with Crippen LogP contribution in [0, 0.1) is 10.1 Å². The van der Waals surface area contributed by atoms with Crippen molar-refractivity contribution in [3.63, 3.8) is 0 Å². The predicted molar refractivity (Wildman–Crippen MR) is 74.2 cm³/mol. The lowest BCUT2D eigenvalue weighted by atomic mass is 10.1. The summed E-state index contributed by atoms with van der Waals surface area (Å²) in [6.07, 6.45) is 0. The maximum Gasteiger partial charge on any atom is 0.352 e. The molecule has 0 saturated heterocycles. The Morgan fingerprint density at radius 1 is 1.40 bits per heavy atom. The van der Waals surface area contributed by atoms with Crippen molar-refractivity contribution in [1.82, 2.24) is 4.57 Å². The fraction of sp³-hybridized carbons (Fsp3) is 0.154. The van der Waals surface area contributed by atoms with Gasteiger partial charge in [-0.15, -0.1) is 0 Å². The molecule has 2 rings (SSSR count). The van der Waals surface area contributed by atoms with E-state index in [0.29, 0.717) is 22.8 Å². The van der Waals surface area contributed by atoms with Gasteiger partial charge in [-0.05, 0) is 25.1 Å². The summed E-state index contributed by atoms with van der Waals surface area (Å²) in [5.74, 6) is -1.06. The number of hydrogen-bond acceptors (Lipinski definition) is 3. The van der Waals surface area contributed by atoms with Gasteiger partial charge in [-0.25, -0.2) is 4.79 Å². The Morgan fingerprint density at radius 2 is 2.10 bits per heavy atom. The number of carboxylic acid groups (broad SMARTS) is 1. The van der Waals surface area contributed by atoms with E-state index in [9.17, 15) is 14.9 Å². The number of aromatic nitrogens is 1. The second-order valence-electron chi connectivity index (χ2n) is 4.07. The molecule has 20 heavy (non-hydrogen) atoms. The molecule has 104 valence electrons. The van der Waals surface area contributed by atoms with Crippen LogP contribution in [0.4, 0.5) is 5.69 Å². The molecule has 0 saturated carbocycles. The highest BCUT2D eigenvalue weighted by Gasteiger charge is 2.18. The zero-order valence-corrected chi connectivity index (χ0v) is 11.3. The first-order valence-electron chi connectivity index (χ1n) is 5.82. The smallest absolute Gasteiger partial charge is 0.352 e. The first-order valence-corrected chi connectivity index (χ1v) is 6.20. The summed E-state index contributed by atoms with van der Waals surface area (Å²) >= 11 is 6.07. The molecular weight excluding hydrogens is 284 g/mol. The van der Waals surface area contributed by atoms with Crippen molar-refractivity contribution in [2.45, 2.75) is 13.5 Å². The summed E-state index contributed by atoms with van der Waals surface area (Å²) in [7, 11) is 0. The van der Waals surface area contributed by atoms with Gasteiger partial charge in [-0.3, -0.25) is 10.1 Å². The normalized spacial score (nSPS) is 10.5. The van der Waals surface area contributed by atoms with Gasteiger partial charge >= 0.3 is 5.97 Å². The van der Waals surface area contributed by atoms with Crippen molar-refractivity contribution >= 4 is 23.3 Å². The van der Waals surface area contributed by atoms with E-state index in [1.807, 2.05) is 0 Å². The van der Waals surface area contributed by atoms with Crippen molar-refractivity contribution in [1.29, 1.82) is 0 Å². The lowest BCUT2D eigenvalue weighted by Crippen LogP contribution is -2.08. The van der Waals surface area contributed by atoms with Gasteiger partial charge < -0.3 is 9.67 Å². The number of non-ortho nitro benzene ring substituents is 1. The van der Waals surface area contributed by atoms with Gasteiger partial charge in [0.1, 0.15) is 5.69 Å². The fourth-order valence-electron chi connectivity index (χ4n) is 2.05. The average Bonchev–Trinajstić information content (AvgIpc) is 2.82. The van der Waals surface area contributed by atoms with Crippen LogP contribution in [0.2, 0.25) is 5.02 Å². The maximum atomic E-state index is 11.1. The highest BCUT2D eigenvalue weighted by molar-refractivity contribution is 6.33. The summed E-state index contributed by atoms with van der Waals surface area (Å²) in [5, 5.41) is 20.3. The molecule has 0 amide bonds. The topological polar surface area (TPSA) is 85.4 Å². The van der Waals surface area contributed by atoms with E-state index in [4.69, 9.17) is 16.7 Å². The van der Waals surface area contributed by atoms with Crippen LogP contribution in [0.5, 0.6) is 0 Å². The molecule has 6 nitrogen and oxygen atoms in total. The quantitative estimate of drug-likeness (QED) is 0.691. The van der Waals surface area contributed by atoms with Crippen molar-refractivity contribution in [3.8, 4) is 11.3 Å². The third-order valence-electron chi connectivity index (χ3n) is 2.95. The van der Waals surface area contributed by atoms with E-state index in [2.05, 4.69) is 0 Å². The third kappa shape index (κ3) is 2.37. The van der Waals surface area contributed by atoms with Gasteiger partial charge in [-0.1, -0.05) is 11.6 Å². The second-order valence-corrected chi connectivity index (χ2v) is 4.48. The molecule has 1 aromatic carbocycles. The molecule has 0 aliphatic rings. The number of aromatic carboxylic acids is 1. The number of carbonyl (C=O) groups is 1. The van der Waals surface area contributed by atoms with Gasteiger partial charge in [0.2, 0.25) is 0 Å². The number of benzene rings is 1. The monoisotopic (exact) mass is 294 g/mol. The Morgan fingerprint density at radius 3 is 2.65 bits per heavy atom. The van der Waals surface area contributed by atoms with E-state index in [1.54, 1.807) is 17.6 Å². The largest absolute Gasteiger partial charge is 0.477 e. The van der Waals surface area contributed by atoms with E-state index < -0.39 is 10.9 Å². The van der Waals surface area contributed by atoms with Crippen LogP contribution in [0.15, 0.2) is 30.3 Å². The van der Waals surface area contributed by atoms with Crippen molar-refractivity contribution in [2.75, 3.05) is 0 Å². The van der Waals surface area contributed by atoms with Crippen LogP contribution in [-0.4, -0.2) is 20.6 Å². The Hall–Kier alpha value is -2.34. The molecule has 7 heteroatoms. The van der Waals surface area contributed by atoms with E-state index in [-0.39, 0.29) is 11.4 Å². The van der Waals surface area contributed by atoms with Crippen molar-refractivity contribution in [2.24, 2.45) is 0 Å². The van der Waals surface area contributed by atoms with Crippen molar-refractivity contribution < 1.29 is 14.8 Å². The Bertz CT molecular complexity index is 694. The zero-order valence-electron chi connectivity index (χ0n) is 10.5. The average molecular weight is 295 g/mol. The molecule has 1 N–H and O–H groups in total. The number of carboxylic acids is 1. The van der Waals surface area contributed by atoms with Gasteiger partial charge in [-0.2, -0.15) is 0 Å². The van der Waals surface area contributed by atoms with Gasteiger partial charge in [0.25, 0.3) is 5.69 Å².